The van der Waals surface area contributed by atoms with Crippen molar-refractivity contribution < 1.29 is 14.7 Å². The zero-order valence-corrected chi connectivity index (χ0v) is 11.7. The summed E-state index contributed by atoms with van der Waals surface area (Å²) in [6, 6.07) is 0.253. The van der Waals surface area contributed by atoms with E-state index in [1.54, 1.807) is 4.90 Å². The summed E-state index contributed by atoms with van der Waals surface area (Å²) in [6.07, 6.45) is 1.92. The topological polar surface area (TPSA) is 64.1 Å². The first-order chi connectivity index (χ1) is 9.02. The maximum atomic E-state index is 12.4. The van der Waals surface area contributed by atoms with Gasteiger partial charge in [-0.05, 0) is 26.4 Å². The van der Waals surface area contributed by atoms with E-state index in [1.807, 2.05) is 4.90 Å². The van der Waals surface area contributed by atoms with Crippen LogP contribution in [0.2, 0.25) is 0 Å². The predicted molar refractivity (Wildman–Crippen MR) is 71.0 cm³/mol. The molecule has 0 radical (unpaired) electrons. The summed E-state index contributed by atoms with van der Waals surface area (Å²) in [5, 5.41) is 8.86. The van der Waals surface area contributed by atoms with Gasteiger partial charge in [0.1, 0.15) is 0 Å². The fraction of sp³-hybridized carbons (Fsp3) is 0.846. The first kappa shape index (κ1) is 14.1. The highest BCUT2D eigenvalue weighted by Crippen LogP contribution is 2.21. The van der Waals surface area contributed by atoms with Crippen LogP contribution in [0.15, 0.2) is 0 Å². The quantitative estimate of drug-likeness (QED) is 0.794. The molecule has 0 aliphatic carbocycles. The van der Waals surface area contributed by atoms with Gasteiger partial charge >= 0.3 is 12.0 Å². The molecule has 2 aliphatic rings. The Morgan fingerprint density at radius 1 is 1.21 bits per heavy atom. The van der Waals surface area contributed by atoms with E-state index < -0.39 is 5.97 Å². The lowest BCUT2D eigenvalue weighted by Crippen LogP contribution is -2.59. The second-order valence-corrected chi connectivity index (χ2v) is 5.59. The normalized spacial score (nSPS) is 25.9. The van der Waals surface area contributed by atoms with E-state index in [0.29, 0.717) is 13.1 Å². The van der Waals surface area contributed by atoms with Gasteiger partial charge in [-0.25, -0.2) is 4.79 Å². The fourth-order valence-electron chi connectivity index (χ4n) is 2.82. The Morgan fingerprint density at radius 2 is 1.89 bits per heavy atom. The van der Waals surface area contributed by atoms with Gasteiger partial charge in [-0.15, -0.1) is 0 Å². The minimum Gasteiger partial charge on any atom is -0.481 e. The van der Waals surface area contributed by atoms with Gasteiger partial charge in [-0.3, -0.25) is 4.79 Å². The Hall–Kier alpha value is -1.30. The van der Waals surface area contributed by atoms with Crippen LogP contribution in [-0.2, 0) is 4.79 Å². The summed E-state index contributed by atoms with van der Waals surface area (Å²) >= 11 is 0. The van der Waals surface area contributed by atoms with Crippen molar-refractivity contribution in [3.63, 3.8) is 0 Å². The van der Waals surface area contributed by atoms with Gasteiger partial charge in [-0.2, -0.15) is 0 Å². The zero-order chi connectivity index (χ0) is 14.0. The highest BCUT2D eigenvalue weighted by molar-refractivity contribution is 5.80. The number of carbonyl (C=O) groups excluding carboxylic acids is 1. The minimum atomic E-state index is -0.799. The zero-order valence-electron chi connectivity index (χ0n) is 11.7. The maximum absolute atomic E-state index is 12.4. The van der Waals surface area contributed by atoms with Crippen LogP contribution in [0, 0.1) is 5.92 Å². The summed E-state index contributed by atoms with van der Waals surface area (Å²) in [4.78, 5) is 29.1. The predicted octanol–water partition coefficient (Wildman–Crippen LogP) is 0.539. The molecule has 2 amide bonds. The van der Waals surface area contributed by atoms with Crippen LogP contribution in [-0.4, -0.2) is 77.6 Å². The van der Waals surface area contributed by atoms with Crippen molar-refractivity contribution in [2.75, 3.05) is 39.8 Å². The lowest BCUT2D eigenvalue weighted by molar-refractivity contribution is -0.146. The molecule has 2 heterocycles. The van der Waals surface area contributed by atoms with Crippen molar-refractivity contribution in [3.05, 3.63) is 0 Å². The third kappa shape index (κ3) is 3.00. The van der Waals surface area contributed by atoms with Crippen LogP contribution < -0.4 is 0 Å². The average Bonchev–Trinajstić information content (AvgIpc) is 2.47. The molecule has 19 heavy (non-hydrogen) atoms. The summed E-state index contributed by atoms with van der Waals surface area (Å²) < 4.78 is 0. The molecule has 2 saturated heterocycles. The molecule has 2 aliphatic heterocycles. The summed E-state index contributed by atoms with van der Waals surface area (Å²) in [6.45, 7) is 5.50. The third-order valence-electron chi connectivity index (χ3n) is 4.12. The van der Waals surface area contributed by atoms with Gasteiger partial charge < -0.3 is 19.8 Å². The highest BCUT2D eigenvalue weighted by Gasteiger charge is 2.39. The number of likely N-dealkylation sites (tertiary alicyclic amines) is 1. The van der Waals surface area contributed by atoms with Gasteiger partial charge in [0, 0.05) is 32.2 Å². The Balaban J connectivity index is 1.95. The van der Waals surface area contributed by atoms with Gasteiger partial charge in [0.2, 0.25) is 0 Å². The monoisotopic (exact) mass is 269 g/mol. The van der Waals surface area contributed by atoms with E-state index in [0.717, 1.165) is 32.5 Å². The van der Waals surface area contributed by atoms with Crippen LogP contribution in [0.1, 0.15) is 19.8 Å². The van der Waals surface area contributed by atoms with E-state index in [-0.39, 0.29) is 18.0 Å². The molecular weight excluding hydrogens is 246 g/mol. The smallest absolute Gasteiger partial charge is 0.320 e. The first-order valence-electron chi connectivity index (χ1n) is 6.99. The maximum Gasteiger partial charge on any atom is 0.320 e. The molecule has 0 aromatic carbocycles. The van der Waals surface area contributed by atoms with E-state index in [1.165, 1.54) is 0 Å². The van der Waals surface area contributed by atoms with Crippen molar-refractivity contribution >= 4 is 12.0 Å². The second-order valence-electron chi connectivity index (χ2n) is 5.59. The van der Waals surface area contributed by atoms with Crippen molar-refractivity contribution in [3.8, 4) is 0 Å². The summed E-state index contributed by atoms with van der Waals surface area (Å²) in [7, 11) is 2.08. The number of urea groups is 1. The average molecular weight is 269 g/mol. The summed E-state index contributed by atoms with van der Waals surface area (Å²) in [5.41, 5.74) is 0. The lowest BCUT2D eigenvalue weighted by Gasteiger charge is -2.42. The fourth-order valence-corrected chi connectivity index (χ4v) is 2.82. The molecular formula is C13H23N3O3. The second kappa shape index (κ2) is 5.77. The van der Waals surface area contributed by atoms with Crippen LogP contribution in [0.25, 0.3) is 0 Å². The number of amides is 2. The molecule has 1 N–H and O–H groups in total. The number of hydrogen-bond acceptors (Lipinski definition) is 3. The van der Waals surface area contributed by atoms with Crippen molar-refractivity contribution in [1.29, 1.82) is 0 Å². The molecule has 6 nitrogen and oxygen atoms in total. The largest absolute Gasteiger partial charge is 0.481 e. The molecule has 0 bridgehead atoms. The molecule has 2 fully saturated rings. The Kier molecular flexibility index (Phi) is 4.29. The molecule has 0 aromatic heterocycles. The van der Waals surface area contributed by atoms with Crippen molar-refractivity contribution in [2.45, 2.75) is 25.8 Å². The van der Waals surface area contributed by atoms with E-state index >= 15 is 0 Å². The number of carboxylic acid groups (broad SMARTS) is 1. The van der Waals surface area contributed by atoms with Gasteiger partial charge in [0.05, 0.1) is 5.92 Å². The number of carbonyl (C=O) groups is 2. The molecule has 108 valence electrons. The van der Waals surface area contributed by atoms with Crippen molar-refractivity contribution in [2.24, 2.45) is 5.92 Å². The minimum absolute atomic E-state index is 0.0136. The molecule has 0 aromatic rings. The first-order valence-corrected chi connectivity index (χ1v) is 6.99. The van der Waals surface area contributed by atoms with Gasteiger partial charge in [0.15, 0.2) is 0 Å². The molecule has 0 saturated carbocycles. The highest BCUT2D eigenvalue weighted by atomic mass is 16.4. The van der Waals surface area contributed by atoms with E-state index in [4.69, 9.17) is 5.11 Å². The Morgan fingerprint density at radius 3 is 2.47 bits per heavy atom. The number of rotatable bonds is 2. The van der Waals surface area contributed by atoms with Crippen LogP contribution in [0.3, 0.4) is 0 Å². The van der Waals surface area contributed by atoms with Crippen LogP contribution in [0.5, 0.6) is 0 Å². The molecule has 2 rings (SSSR count). The molecule has 0 spiro atoms. The number of likely N-dealkylation sites (N-methyl/N-ethyl adjacent to an activating group) is 1. The van der Waals surface area contributed by atoms with Gasteiger partial charge in [0.25, 0.3) is 0 Å². The number of hydrogen-bond donors (Lipinski definition) is 1. The Bertz CT molecular complexity index is 355. The van der Waals surface area contributed by atoms with Crippen LogP contribution >= 0.6 is 0 Å². The van der Waals surface area contributed by atoms with Crippen molar-refractivity contribution in [1.82, 2.24) is 14.7 Å². The van der Waals surface area contributed by atoms with Crippen LogP contribution in [0.4, 0.5) is 4.79 Å². The van der Waals surface area contributed by atoms with E-state index in [9.17, 15) is 9.59 Å². The number of nitrogens with zero attached hydrogens (tertiary/aromatic N) is 3. The SMILES string of the molecule is CCC1CN(C)CCCN1C(=O)N1CC(C(=O)O)C1. The summed E-state index contributed by atoms with van der Waals surface area (Å²) in [5.74, 6) is -1.18. The van der Waals surface area contributed by atoms with Gasteiger partial charge in [-0.1, -0.05) is 6.92 Å². The Labute approximate surface area is 114 Å². The lowest BCUT2D eigenvalue weighted by atomic mass is 10.0. The molecule has 1 unspecified atom stereocenters. The van der Waals surface area contributed by atoms with E-state index in [2.05, 4.69) is 18.9 Å². The number of aliphatic carboxylic acids is 1. The third-order valence-corrected chi connectivity index (χ3v) is 4.12. The standard InChI is InChI=1S/C13H23N3O3/c1-3-11-9-14(2)5-4-6-16(11)13(19)15-7-10(8-15)12(17)18/h10-11H,3-9H2,1-2H3,(H,17,18). The number of carboxylic acids is 1. The molecule has 1 atom stereocenters. The molecule has 6 heteroatoms.